The van der Waals surface area contributed by atoms with Gasteiger partial charge in [-0.1, -0.05) is 13.8 Å². The van der Waals surface area contributed by atoms with Gasteiger partial charge in [-0.05, 0) is 24.3 Å². The molecule has 0 atom stereocenters. The van der Waals surface area contributed by atoms with Crippen LogP contribution < -0.4 is 4.90 Å². The average molecular weight is 391 g/mol. The number of anilines is 1. The number of benzene rings is 1. The lowest BCUT2D eigenvalue weighted by atomic mass is 10.1. The Morgan fingerprint density at radius 3 is 2.04 bits per heavy atom. The van der Waals surface area contributed by atoms with E-state index in [0.717, 1.165) is 51.5 Å². The minimum atomic E-state index is -0.230. The van der Waals surface area contributed by atoms with Gasteiger partial charge in [0.1, 0.15) is 5.82 Å². The van der Waals surface area contributed by atoms with Crippen molar-refractivity contribution in [1.29, 1.82) is 0 Å². The molecule has 2 amide bonds. The lowest BCUT2D eigenvalue weighted by Crippen LogP contribution is -2.51. The van der Waals surface area contributed by atoms with Crippen molar-refractivity contribution in [1.82, 2.24) is 14.7 Å². The lowest BCUT2D eigenvalue weighted by molar-refractivity contribution is -0.137. The van der Waals surface area contributed by atoms with Gasteiger partial charge in [-0.3, -0.25) is 14.5 Å². The molecule has 6 nitrogen and oxygen atoms in total. The fourth-order valence-corrected chi connectivity index (χ4v) is 3.83. The molecule has 0 unspecified atom stereocenters. The molecule has 1 aromatic rings. The van der Waals surface area contributed by atoms with E-state index in [-0.39, 0.29) is 23.5 Å². The molecule has 0 aromatic heterocycles. The van der Waals surface area contributed by atoms with Crippen LogP contribution in [-0.2, 0) is 9.59 Å². The van der Waals surface area contributed by atoms with Crippen LogP contribution in [0.5, 0.6) is 0 Å². The van der Waals surface area contributed by atoms with Crippen molar-refractivity contribution in [3.63, 3.8) is 0 Å². The first-order chi connectivity index (χ1) is 13.4. The quantitative estimate of drug-likeness (QED) is 0.767. The van der Waals surface area contributed by atoms with E-state index in [1.807, 2.05) is 23.6 Å². The van der Waals surface area contributed by atoms with Gasteiger partial charge >= 0.3 is 0 Å². The summed E-state index contributed by atoms with van der Waals surface area (Å²) in [5.41, 5.74) is 1.00. The molecule has 28 heavy (non-hydrogen) atoms. The van der Waals surface area contributed by atoms with Gasteiger partial charge in [-0.15, -0.1) is 0 Å². The molecule has 154 valence electrons. The molecular weight excluding hydrogens is 359 g/mol. The fraction of sp³-hybridized carbons (Fsp3) is 0.619. The molecule has 0 N–H and O–H groups in total. The molecule has 3 rings (SSSR count). The van der Waals surface area contributed by atoms with Crippen molar-refractivity contribution in [2.45, 2.75) is 20.3 Å². The van der Waals surface area contributed by atoms with Gasteiger partial charge in [0.05, 0.1) is 0 Å². The zero-order chi connectivity index (χ0) is 20.1. The van der Waals surface area contributed by atoms with Gasteiger partial charge in [0.25, 0.3) is 0 Å². The smallest absolute Gasteiger partial charge is 0.225 e. The van der Waals surface area contributed by atoms with Crippen LogP contribution in [0.1, 0.15) is 20.3 Å². The minimum Gasteiger partial charge on any atom is -0.368 e. The van der Waals surface area contributed by atoms with E-state index in [4.69, 9.17) is 0 Å². The fourth-order valence-electron chi connectivity index (χ4n) is 3.83. The predicted molar refractivity (Wildman–Crippen MR) is 108 cm³/mol. The van der Waals surface area contributed by atoms with Gasteiger partial charge < -0.3 is 14.7 Å². The van der Waals surface area contributed by atoms with Crippen LogP contribution in [0.25, 0.3) is 0 Å². The Bertz CT molecular complexity index is 663. The summed E-state index contributed by atoms with van der Waals surface area (Å²) in [6, 6.07) is 6.52. The van der Waals surface area contributed by atoms with Crippen molar-refractivity contribution >= 4 is 17.5 Å². The molecule has 0 spiro atoms. The van der Waals surface area contributed by atoms with Crippen molar-refractivity contribution in [3.05, 3.63) is 30.1 Å². The third kappa shape index (κ3) is 5.22. The molecule has 2 saturated heterocycles. The summed E-state index contributed by atoms with van der Waals surface area (Å²) in [5.74, 6) is 0.225. The van der Waals surface area contributed by atoms with Crippen molar-refractivity contribution in [3.8, 4) is 0 Å². The topological polar surface area (TPSA) is 47.1 Å². The second-order valence-electron chi connectivity index (χ2n) is 7.92. The number of halogens is 1. The van der Waals surface area contributed by atoms with Gasteiger partial charge in [0.15, 0.2) is 0 Å². The average Bonchev–Trinajstić information content (AvgIpc) is 2.72. The molecule has 0 aliphatic carbocycles. The highest BCUT2D eigenvalue weighted by molar-refractivity contribution is 5.78. The number of nitrogens with zero attached hydrogens (tertiary/aromatic N) is 4. The molecule has 1 aromatic carbocycles. The molecular formula is C21H31FN4O2. The van der Waals surface area contributed by atoms with Crippen LogP contribution in [0.15, 0.2) is 24.3 Å². The molecule has 0 saturated carbocycles. The summed E-state index contributed by atoms with van der Waals surface area (Å²) < 4.78 is 13.1. The van der Waals surface area contributed by atoms with E-state index in [0.29, 0.717) is 19.5 Å². The van der Waals surface area contributed by atoms with Gasteiger partial charge in [0.2, 0.25) is 11.8 Å². The van der Waals surface area contributed by atoms with E-state index in [1.165, 1.54) is 12.1 Å². The second kappa shape index (κ2) is 9.37. The van der Waals surface area contributed by atoms with E-state index in [2.05, 4.69) is 9.80 Å². The van der Waals surface area contributed by atoms with Crippen molar-refractivity contribution < 1.29 is 14.0 Å². The highest BCUT2D eigenvalue weighted by Gasteiger charge is 2.25. The summed E-state index contributed by atoms with van der Waals surface area (Å²) in [5, 5.41) is 0. The van der Waals surface area contributed by atoms with E-state index < -0.39 is 0 Å². The molecule has 2 heterocycles. The summed E-state index contributed by atoms with van der Waals surface area (Å²) in [7, 11) is 0. The second-order valence-corrected chi connectivity index (χ2v) is 7.92. The zero-order valence-electron chi connectivity index (χ0n) is 16.9. The first-order valence-electron chi connectivity index (χ1n) is 10.2. The third-order valence-electron chi connectivity index (χ3n) is 5.64. The largest absolute Gasteiger partial charge is 0.368 e. The van der Waals surface area contributed by atoms with Gasteiger partial charge in [-0.2, -0.15) is 0 Å². The van der Waals surface area contributed by atoms with E-state index in [9.17, 15) is 14.0 Å². The number of hydrogen-bond acceptors (Lipinski definition) is 4. The Hall–Kier alpha value is -2.15. The lowest BCUT2D eigenvalue weighted by Gasteiger charge is -2.37. The number of rotatable bonds is 5. The standard InChI is InChI=1S/C21H31FN4O2/c1-17(2)21(28)26-11-9-23(10-12-26)8-7-20(27)25-15-13-24(14-16-25)19-5-3-18(22)4-6-19/h3-6,17H,7-16H2,1-2H3. The van der Waals surface area contributed by atoms with Crippen LogP contribution in [0, 0.1) is 11.7 Å². The maximum atomic E-state index is 13.1. The van der Waals surface area contributed by atoms with Crippen LogP contribution in [-0.4, -0.2) is 85.4 Å². The molecule has 2 aliphatic heterocycles. The van der Waals surface area contributed by atoms with Crippen molar-refractivity contribution in [2.75, 3.05) is 63.8 Å². The Morgan fingerprint density at radius 1 is 0.893 bits per heavy atom. The normalized spacial score (nSPS) is 18.6. The molecule has 2 aliphatic rings. The summed E-state index contributed by atoms with van der Waals surface area (Å²) in [6.45, 7) is 10.7. The summed E-state index contributed by atoms with van der Waals surface area (Å²) in [4.78, 5) is 32.9. The maximum Gasteiger partial charge on any atom is 0.225 e. The number of carbonyl (C=O) groups is 2. The minimum absolute atomic E-state index is 0.0432. The monoisotopic (exact) mass is 390 g/mol. The third-order valence-corrected chi connectivity index (χ3v) is 5.64. The highest BCUT2D eigenvalue weighted by atomic mass is 19.1. The Labute approximate surface area is 166 Å². The Balaban J connectivity index is 1.37. The van der Waals surface area contributed by atoms with E-state index in [1.54, 1.807) is 12.1 Å². The van der Waals surface area contributed by atoms with Crippen LogP contribution in [0.2, 0.25) is 0 Å². The Morgan fingerprint density at radius 2 is 1.46 bits per heavy atom. The van der Waals surface area contributed by atoms with Gasteiger partial charge in [0, 0.05) is 76.9 Å². The number of hydrogen-bond donors (Lipinski definition) is 0. The molecule has 7 heteroatoms. The maximum absolute atomic E-state index is 13.1. The summed E-state index contributed by atoms with van der Waals surface area (Å²) in [6.07, 6.45) is 0.522. The molecule has 0 bridgehead atoms. The predicted octanol–water partition coefficient (Wildman–Crippen LogP) is 1.66. The van der Waals surface area contributed by atoms with Crippen LogP contribution in [0.3, 0.4) is 0 Å². The summed E-state index contributed by atoms with van der Waals surface area (Å²) >= 11 is 0. The first-order valence-corrected chi connectivity index (χ1v) is 10.2. The van der Waals surface area contributed by atoms with Crippen molar-refractivity contribution in [2.24, 2.45) is 5.92 Å². The Kier molecular flexibility index (Phi) is 6.88. The first kappa shape index (κ1) is 20.6. The number of piperazine rings is 2. The highest BCUT2D eigenvalue weighted by Crippen LogP contribution is 2.17. The van der Waals surface area contributed by atoms with Gasteiger partial charge in [-0.25, -0.2) is 4.39 Å². The van der Waals surface area contributed by atoms with E-state index >= 15 is 0 Å². The zero-order valence-corrected chi connectivity index (χ0v) is 16.9. The molecule has 0 radical (unpaired) electrons. The number of amides is 2. The SMILES string of the molecule is CC(C)C(=O)N1CCN(CCC(=O)N2CCN(c3ccc(F)cc3)CC2)CC1. The van der Waals surface area contributed by atoms with Crippen LogP contribution >= 0.6 is 0 Å². The molecule has 2 fully saturated rings. The number of carbonyl (C=O) groups excluding carboxylic acids is 2. The van der Waals surface area contributed by atoms with Crippen LogP contribution in [0.4, 0.5) is 10.1 Å².